The lowest BCUT2D eigenvalue weighted by molar-refractivity contribution is -0.116. The molecule has 2 aromatic carbocycles. The molecule has 0 atom stereocenters. The maximum absolute atomic E-state index is 12.1. The van der Waals surface area contributed by atoms with Crippen molar-refractivity contribution in [1.82, 2.24) is 0 Å². The molecule has 5 heteroatoms. The van der Waals surface area contributed by atoms with E-state index in [-0.39, 0.29) is 11.5 Å². The van der Waals surface area contributed by atoms with Crippen LogP contribution in [0, 0.1) is 0 Å². The van der Waals surface area contributed by atoms with E-state index in [0.29, 0.717) is 18.7 Å². The van der Waals surface area contributed by atoms with Crippen LogP contribution in [0.1, 0.15) is 42.1 Å². The Balaban J connectivity index is 2.25. The van der Waals surface area contributed by atoms with E-state index in [0.717, 1.165) is 24.1 Å². The SMILES string of the molecule is CCCCC(=O)Nc1cc(C(=O)O)ccc1N(C)Cc1ccccc1. The second kappa shape index (κ2) is 8.87. The van der Waals surface area contributed by atoms with Crippen LogP contribution in [0.3, 0.4) is 0 Å². The fourth-order valence-corrected chi connectivity index (χ4v) is 2.59. The second-order valence-electron chi connectivity index (χ2n) is 6.03. The van der Waals surface area contributed by atoms with Gasteiger partial charge in [0, 0.05) is 20.0 Å². The third kappa shape index (κ3) is 5.35. The summed E-state index contributed by atoms with van der Waals surface area (Å²) in [4.78, 5) is 25.4. The zero-order valence-electron chi connectivity index (χ0n) is 14.7. The number of carbonyl (C=O) groups is 2. The van der Waals surface area contributed by atoms with Gasteiger partial charge in [-0.1, -0.05) is 43.7 Å². The van der Waals surface area contributed by atoms with Crippen LogP contribution in [0.4, 0.5) is 11.4 Å². The number of carbonyl (C=O) groups excluding carboxylic acids is 1. The van der Waals surface area contributed by atoms with E-state index >= 15 is 0 Å². The summed E-state index contributed by atoms with van der Waals surface area (Å²) in [5.74, 6) is -1.11. The van der Waals surface area contributed by atoms with Crippen LogP contribution in [-0.4, -0.2) is 24.0 Å². The highest BCUT2D eigenvalue weighted by molar-refractivity contribution is 5.97. The van der Waals surface area contributed by atoms with Gasteiger partial charge < -0.3 is 15.3 Å². The Labute approximate surface area is 148 Å². The number of aromatic carboxylic acids is 1. The smallest absolute Gasteiger partial charge is 0.335 e. The summed E-state index contributed by atoms with van der Waals surface area (Å²) in [5, 5.41) is 12.1. The summed E-state index contributed by atoms with van der Waals surface area (Å²) < 4.78 is 0. The molecule has 0 aliphatic carbocycles. The molecular weight excluding hydrogens is 316 g/mol. The maximum atomic E-state index is 12.1. The predicted octanol–water partition coefficient (Wildman–Crippen LogP) is 4.15. The van der Waals surface area contributed by atoms with E-state index in [1.54, 1.807) is 12.1 Å². The van der Waals surface area contributed by atoms with Crippen molar-refractivity contribution in [2.75, 3.05) is 17.3 Å². The Bertz CT molecular complexity index is 729. The number of nitrogens with zero attached hydrogens (tertiary/aromatic N) is 1. The number of hydrogen-bond acceptors (Lipinski definition) is 3. The zero-order chi connectivity index (χ0) is 18.2. The fourth-order valence-electron chi connectivity index (χ4n) is 2.59. The van der Waals surface area contributed by atoms with E-state index in [4.69, 9.17) is 0 Å². The first kappa shape index (κ1) is 18.5. The van der Waals surface area contributed by atoms with Gasteiger partial charge in [-0.05, 0) is 30.2 Å². The normalized spacial score (nSPS) is 10.3. The molecule has 2 rings (SSSR count). The van der Waals surface area contributed by atoms with Crippen molar-refractivity contribution in [3.05, 3.63) is 59.7 Å². The standard InChI is InChI=1S/C20H24N2O3/c1-3-4-10-19(23)21-17-13-16(20(24)25)11-12-18(17)22(2)14-15-8-6-5-7-9-15/h5-9,11-13H,3-4,10,14H2,1-2H3,(H,21,23)(H,24,25). The molecule has 1 amide bonds. The van der Waals surface area contributed by atoms with Crippen LogP contribution in [0.5, 0.6) is 0 Å². The monoisotopic (exact) mass is 340 g/mol. The van der Waals surface area contributed by atoms with Gasteiger partial charge in [-0.15, -0.1) is 0 Å². The molecule has 5 nitrogen and oxygen atoms in total. The Morgan fingerprint density at radius 1 is 1.12 bits per heavy atom. The molecule has 0 aliphatic rings. The summed E-state index contributed by atoms with van der Waals surface area (Å²) in [6.07, 6.45) is 2.17. The number of carboxylic acids is 1. The molecule has 0 heterocycles. The molecule has 0 saturated carbocycles. The van der Waals surface area contributed by atoms with Crippen LogP contribution in [-0.2, 0) is 11.3 Å². The van der Waals surface area contributed by atoms with Gasteiger partial charge in [0.25, 0.3) is 0 Å². The molecule has 0 bridgehead atoms. The van der Waals surface area contributed by atoms with Crippen molar-refractivity contribution < 1.29 is 14.7 Å². The fraction of sp³-hybridized carbons (Fsp3) is 0.300. The van der Waals surface area contributed by atoms with Gasteiger partial charge in [0.2, 0.25) is 5.91 Å². The van der Waals surface area contributed by atoms with Crippen LogP contribution < -0.4 is 10.2 Å². The Hall–Kier alpha value is -2.82. The van der Waals surface area contributed by atoms with E-state index in [1.165, 1.54) is 6.07 Å². The number of rotatable bonds is 8. The number of nitrogens with one attached hydrogen (secondary N) is 1. The lowest BCUT2D eigenvalue weighted by Crippen LogP contribution is -2.20. The molecule has 25 heavy (non-hydrogen) atoms. The lowest BCUT2D eigenvalue weighted by Gasteiger charge is -2.23. The molecule has 2 N–H and O–H groups in total. The number of hydrogen-bond donors (Lipinski definition) is 2. The Morgan fingerprint density at radius 2 is 1.84 bits per heavy atom. The van der Waals surface area contributed by atoms with Crippen LogP contribution in [0.15, 0.2) is 48.5 Å². The zero-order valence-corrected chi connectivity index (χ0v) is 14.7. The van der Waals surface area contributed by atoms with Crippen molar-refractivity contribution in [3.63, 3.8) is 0 Å². The molecule has 0 aromatic heterocycles. The third-order valence-electron chi connectivity index (χ3n) is 3.95. The largest absolute Gasteiger partial charge is 0.478 e. The minimum absolute atomic E-state index is 0.0984. The third-order valence-corrected chi connectivity index (χ3v) is 3.95. The van der Waals surface area contributed by atoms with Crippen LogP contribution in [0.2, 0.25) is 0 Å². The van der Waals surface area contributed by atoms with Gasteiger partial charge in [-0.25, -0.2) is 4.79 Å². The van der Waals surface area contributed by atoms with Crippen molar-refractivity contribution in [1.29, 1.82) is 0 Å². The van der Waals surface area contributed by atoms with Crippen LogP contribution >= 0.6 is 0 Å². The van der Waals surface area contributed by atoms with Crippen molar-refractivity contribution in [2.24, 2.45) is 0 Å². The molecule has 132 valence electrons. The summed E-state index contributed by atoms with van der Waals surface area (Å²) in [7, 11) is 1.92. The maximum Gasteiger partial charge on any atom is 0.335 e. The highest BCUT2D eigenvalue weighted by atomic mass is 16.4. The van der Waals surface area contributed by atoms with Crippen molar-refractivity contribution in [3.8, 4) is 0 Å². The number of carboxylic acid groups (broad SMARTS) is 1. The molecule has 0 radical (unpaired) electrons. The topological polar surface area (TPSA) is 69.6 Å². The molecule has 0 spiro atoms. The summed E-state index contributed by atoms with van der Waals surface area (Å²) in [6, 6.07) is 14.8. The lowest BCUT2D eigenvalue weighted by atomic mass is 10.1. The van der Waals surface area contributed by atoms with E-state index in [1.807, 2.05) is 49.2 Å². The number of amides is 1. The van der Waals surface area contributed by atoms with Gasteiger partial charge in [0.05, 0.1) is 16.9 Å². The highest BCUT2D eigenvalue weighted by Gasteiger charge is 2.14. The Kier molecular flexibility index (Phi) is 6.57. The molecule has 0 saturated heterocycles. The van der Waals surface area contributed by atoms with Crippen molar-refractivity contribution in [2.45, 2.75) is 32.7 Å². The minimum atomic E-state index is -1.01. The van der Waals surface area contributed by atoms with E-state index in [9.17, 15) is 14.7 Å². The quantitative estimate of drug-likeness (QED) is 0.757. The molecule has 0 aliphatic heterocycles. The molecule has 2 aromatic rings. The average Bonchev–Trinajstić information content (AvgIpc) is 2.60. The Morgan fingerprint density at radius 3 is 2.48 bits per heavy atom. The number of anilines is 2. The van der Waals surface area contributed by atoms with Gasteiger partial charge in [-0.2, -0.15) is 0 Å². The van der Waals surface area contributed by atoms with E-state index < -0.39 is 5.97 Å². The highest BCUT2D eigenvalue weighted by Crippen LogP contribution is 2.28. The van der Waals surface area contributed by atoms with Gasteiger partial charge in [0.1, 0.15) is 0 Å². The van der Waals surface area contributed by atoms with Gasteiger partial charge in [-0.3, -0.25) is 4.79 Å². The van der Waals surface area contributed by atoms with Crippen molar-refractivity contribution >= 4 is 23.3 Å². The molecule has 0 unspecified atom stereocenters. The van der Waals surface area contributed by atoms with Gasteiger partial charge in [0.15, 0.2) is 0 Å². The first-order valence-corrected chi connectivity index (χ1v) is 8.43. The first-order valence-electron chi connectivity index (χ1n) is 8.43. The van der Waals surface area contributed by atoms with Crippen LogP contribution in [0.25, 0.3) is 0 Å². The predicted molar refractivity (Wildman–Crippen MR) is 100 cm³/mol. The average molecular weight is 340 g/mol. The summed E-state index contributed by atoms with van der Waals surface area (Å²) >= 11 is 0. The van der Waals surface area contributed by atoms with E-state index in [2.05, 4.69) is 5.32 Å². The molecule has 0 fully saturated rings. The summed E-state index contributed by atoms with van der Waals surface area (Å²) in [6.45, 7) is 2.68. The molecular formula is C20H24N2O3. The number of benzene rings is 2. The van der Waals surface area contributed by atoms with Gasteiger partial charge >= 0.3 is 5.97 Å². The summed E-state index contributed by atoms with van der Waals surface area (Å²) in [5.41, 5.74) is 2.61. The first-order chi connectivity index (χ1) is 12.0. The minimum Gasteiger partial charge on any atom is -0.478 e. The second-order valence-corrected chi connectivity index (χ2v) is 6.03. The number of unbranched alkanes of at least 4 members (excludes halogenated alkanes) is 1.